The van der Waals surface area contributed by atoms with E-state index in [1.165, 1.54) is 50.3 Å². The van der Waals surface area contributed by atoms with E-state index in [0.717, 1.165) is 25.9 Å². The Morgan fingerprint density at radius 2 is 1.32 bits per heavy atom. The molecule has 4 aromatic rings. The van der Waals surface area contributed by atoms with Crippen LogP contribution in [-0.2, 0) is 25.9 Å². The summed E-state index contributed by atoms with van der Waals surface area (Å²) in [6, 6.07) is 24.6. The van der Waals surface area contributed by atoms with E-state index in [1.54, 1.807) is 0 Å². The van der Waals surface area contributed by atoms with Gasteiger partial charge in [0.2, 0.25) is 11.4 Å². The number of aryl methyl sites for hydroxylation is 5. The maximum atomic E-state index is 2.42. The molecule has 150 valence electrons. The van der Waals surface area contributed by atoms with Crippen molar-refractivity contribution in [2.75, 3.05) is 0 Å². The zero-order chi connectivity index (χ0) is 20.8. The molecule has 0 saturated carbocycles. The van der Waals surface area contributed by atoms with Crippen LogP contribution in [0.15, 0.2) is 79.1 Å². The van der Waals surface area contributed by atoms with E-state index in [4.69, 9.17) is 0 Å². The summed E-state index contributed by atoms with van der Waals surface area (Å²) in [6.45, 7) is 4.22. The summed E-state index contributed by atoms with van der Waals surface area (Å²) in [5.74, 6) is 0. The lowest BCUT2D eigenvalue weighted by atomic mass is 9.85. The monoisotopic (exact) mass is 402 g/mol. The molecule has 2 heteroatoms. The smallest absolute Gasteiger partial charge is 0.198 e. The van der Waals surface area contributed by atoms with Crippen LogP contribution >= 0.6 is 0 Å². The van der Waals surface area contributed by atoms with Crippen molar-refractivity contribution in [3.8, 4) is 22.5 Å². The van der Waals surface area contributed by atoms with Gasteiger partial charge in [-0.2, -0.15) is 9.13 Å². The number of pyridine rings is 2. The van der Waals surface area contributed by atoms with Gasteiger partial charge in [0, 0.05) is 37.1 Å². The lowest BCUT2D eigenvalue weighted by Gasteiger charge is -2.22. The first-order valence-electron chi connectivity index (χ1n) is 11.2. The van der Waals surface area contributed by atoms with Gasteiger partial charge in [-0.05, 0) is 35.2 Å². The molecule has 2 nitrogen and oxygen atoms in total. The molecule has 0 amide bonds. The standard InChI is InChI=1S/C29H26N2/c1-21-5-7-22(8-6-21)9-10-23-13-17-31-19-15-25-12-11-24-14-18-30-16-3-2-4-26(30)28(24)29(25)27(31)20-23/h2-13,16-17,20H,14-15,18-19H2,1H3/q+2/b10-9+. The quantitative estimate of drug-likeness (QED) is 0.408. The van der Waals surface area contributed by atoms with E-state index < -0.39 is 0 Å². The highest BCUT2D eigenvalue weighted by atomic mass is 15.0. The first kappa shape index (κ1) is 18.3. The van der Waals surface area contributed by atoms with Crippen LogP contribution in [0, 0.1) is 6.92 Å². The molecule has 0 bridgehead atoms. The number of nitrogens with zero attached hydrogens (tertiary/aromatic N) is 2. The lowest BCUT2D eigenvalue weighted by molar-refractivity contribution is -0.689. The number of benzene rings is 2. The van der Waals surface area contributed by atoms with Crippen molar-refractivity contribution in [2.24, 2.45) is 0 Å². The van der Waals surface area contributed by atoms with Crippen molar-refractivity contribution in [1.29, 1.82) is 0 Å². The largest absolute Gasteiger partial charge is 0.214 e. The number of fused-ring (bicyclic) bond motifs is 7. The summed E-state index contributed by atoms with van der Waals surface area (Å²) in [5.41, 5.74) is 12.2. The normalized spacial score (nSPS) is 14.0. The maximum absolute atomic E-state index is 2.42. The van der Waals surface area contributed by atoms with Gasteiger partial charge in [-0.15, -0.1) is 0 Å². The zero-order valence-corrected chi connectivity index (χ0v) is 17.9. The summed E-state index contributed by atoms with van der Waals surface area (Å²) in [5, 5.41) is 0. The Labute approximate surface area is 183 Å². The molecule has 2 aliphatic heterocycles. The SMILES string of the molecule is Cc1ccc(/C=C/c2cc[n+]3c(c2)-c2c(ccc4c2-c2cccc[n+]2CC4)CC3)cc1. The highest BCUT2D eigenvalue weighted by Crippen LogP contribution is 2.39. The van der Waals surface area contributed by atoms with Crippen molar-refractivity contribution in [3.05, 3.63) is 107 Å². The van der Waals surface area contributed by atoms with Crippen LogP contribution in [-0.4, -0.2) is 0 Å². The molecular formula is C29H26N2+2. The molecule has 0 unspecified atom stereocenters. The molecule has 0 spiro atoms. The first-order chi connectivity index (χ1) is 15.3. The summed E-state index contributed by atoms with van der Waals surface area (Å²) in [7, 11) is 0. The third kappa shape index (κ3) is 3.19. The predicted molar refractivity (Wildman–Crippen MR) is 125 cm³/mol. The van der Waals surface area contributed by atoms with Gasteiger partial charge in [0.15, 0.2) is 25.5 Å². The fourth-order valence-electron chi connectivity index (χ4n) is 5.00. The van der Waals surface area contributed by atoms with Gasteiger partial charge in [0.05, 0.1) is 11.1 Å². The summed E-state index contributed by atoms with van der Waals surface area (Å²) in [4.78, 5) is 0. The van der Waals surface area contributed by atoms with E-state index >= 15 is 0 Å². The van der Waals surface area contributed by atoms with Crippen molar-refractivity contribution in [3.63, 3.8) is 0 Å². The number of hydrogen-bond donors (Lipinski definition) is 0. The Hall–Kier alpha value is -3.52. The summed E-state index contributed by atoms with van der Waals surface area (Å²) < 4.78 is 4.83. The molecule has 0 atom stereocenters. The highest BCUT2D eigenvalue weighted by molar-refractivity contribution is 5.85. The zero-order valence-electron chi connectivity index (χ0n) is 17.9. The van der Waals surface area contributed by atoms with Crippen LogP contribution in [0.1, 0.15) is 27.8 Å². The predicted octanol–water partition coefficient (Wildman–Crippen LogP) is 5.19. The molecule has 4 heterocycles. The molecule has 2 aromatic heterocycles. The minimum absolute atomic E-state index is 1.04. The van der Waals surface area contributed by atoms with E-state index in [-0.39, 0.29) is 0 Å². The molecule has 31 heavy (non-hydrogen) atoms. The number of hydrogen-bond acceptors (Lipinski definition) is 0. The molecule has 0 fully saturated rings. The van der Waals surface area contributed by atoms with Gasteiger partial charge in [-0.1, -0.05) is 54.1 Å². The Morgan fingerprint density at radius 3 is 2.10 bits per heavy atom. The fourth-order valence-corrected chi connectivity index (χ4v) is 5.00. The van der Waals surface area contributed by atoms with Crippen molar-refractivity contribution >= 4 is 12.2 Å². The molecular weight excluding hydrogens is 376 g/mol. The fraction of sp³-hybridized carbons (Fsp3) is 0.172. The maximum Gasteiger partial charge on any atom is 0.214 e. The van der Waals surface area contributed by atoms with E-state index in [9.17, 15) is 0 Å². The molecule has 0 saturated heterocycles. The molecule has 2 aromatic carbocycles. The average molecular weight is 403 g/mol. The van der Waals surface area contributed by atoms with Crippen LogP contribution in [0.2, 0.25) is 0 Å². The number of aromatic nitrogens is 2. The van der Waals surface area contributed by atoms with E-state index in [1.807, 2.05) is 0 Å². The van der Waals surface area contributed by atoms with Gasteiger partial charge >= 0.3 is 0 Å². The first-order valence-corrected chi connectivity index (χ1v) is 11.2. The summed E-state index contributed by atoms with van der Waals surface area (Å²) in [6.07, 6.45) is 11.1. The minimum atomic E-state index is 1.04. The summed E-state index contributed by atoms with van der Waals surface area (Å²) >= 11 is 0. The average Bonchev–Trinajstić information content (AvgIpc) is 2.83. The second-order valence-corrected chi connectivity index (χ2v) is 8.70. The molecule has 0 radical (unpaired) electrons. The van der Waals surface area contributed by atoms with Crippen LogP contribution < -0.4 is 9.13 Å². The van der Waals surface area contributed by atoms with Gasteiger partial charge in [-0.3, -0.25) is 0 Å². The van der Waals surface area contributed by atoms with E-state index in [0.29, 0.717) is 0 Å². The Balaban J connectivity index is 1.49. The Bertz CT molecular complexity index is 1330. The Morgan fingerprint density at radius 1 is 0.645 bits per heavy atom. The van der Waals surface area contributed by atoms with Crippen molar-refractivity contribution < 1.29 is 9.13 Å². The van der Waals surface area contributed by atoms with Crippen LogP contribution in [0.25, 0.3) is 34.7 Å². The topological polar surface area (TPSA) is 7.76 Å². The second kappa shape index (κ2) is 7.31. The van der Waals surface area contributed by atoms with Gasteiger partial charge in [-0.25, -0.2) is 0 Å². The third-order valence-corrected chi connectivity index (χ3v) is 6.68. The number of rotatable bonds is 2. The van der Waals surface area contributed by atoms with Gasteiger partial charge in [0.1, 0.15) is 0 Å². The van der Waals surface area contributed by atoms with Crippen molar-refractivity contribution in [1.82, 2.24) is 0 Å². The van der Waals surface area contributed by atoms with Gasteiger partial charge in [0.25, 0.3) is 0 Å². The molecule has 0 aliphatic carbocycles. The second-order valence-electron chi connectivity index (χ2n) is 8.70. The molecule has 0 N–H and O–H groups in total. The molecule has 6 rings (SSSR count). The highest BCUT2D eigenvalue weighted by Gasteiger charge is 2.33. The Kier molecular flexibility index (Phi) is 4.31. The van der Waals surface area contributed by atoms with Crippen LogP contribution in [0.5, 0.6) is 0 Å². The van der Waals surface area contributed by atoms with E-state index in [2.05, 4.69) is 107 Å². The minimum Gasteiger partial charge on any atom is -0.198 e. The van der Waals surface area contributed by atoms with Gasteiger partial charge < -0.3 is 0 Å². The van der Waals surface area contributed by atoms with Crippen molar-refractivity contribution in [2.45, 2.75) is 32.9 Å². The third-order valence-electron chi connectivity index (χ3n) is 6.68. The van der Waals surface area contributed by atoms with Crippen LogP contribution in [0.3, 0.4) is 0 Å². The molecule has 2 aliphatic rings. The van der Waals surface area contributed by atoms with Crippen LogP contribution in [0.4, 0.5) is 0 Å². The lowest BCUT2D eigenvalue weighted by Crippen LogP contribution is -2.43.